The maximum atomic E-state index is 9.31. The molecule has 2 N–H and O–H groups in total. The van der Waals surface area contributed by atoms with Crippen LogP contribution in [0.4, 0.5) is 0 Å². The highest BCUT2D eigenvalue weighted by molar-refractivity contribution is 5.06. The molecule has 0 saturated heterocycles. The summed E-state index contributed by atoms with van der Waals surface area (Å²) in [5.74, 6) is 2.05. The van der Waals surface area contributed by atoms with Gasteiger partial charge in [-0.25, -0.2) is 0 Å². The van der Waals surface area contributed by atoms with Crippen molar-refractivity contribution in [3.05, 3.63) is 11.6 Å². The van der Waals surface area contributed by atoms with E-state index in [1.807, 2.05) is 0 Å². The van der Waals surface area contributed by atoms with E-state index in [0.717, 1.165) is 18.4 Å². The highest BCUT2D eigenvalue weighted by Gasteiger charge is 2.27. The maximum absolute atomic E-state index is 9.31. The number of aliphatic hydroxyl groups excluding tert-OH is 1. The third-order valence-corrected chi connectivity index (χ3v) is 4.45. The van der Waals surface area contributed by atoms with Crippen molar-refractivity contribution >= 4 is 0 Å². The van der Waals surface area contributed by atoms with Crippen molar-refractivity contribution in [2.45, 2.75) is 52.0 Å². The number of hydrogen-bond donors (Lipinski definition) is 2. The van der Waals surface area contributed by atoms with E-state index < -0.39 is 0 Å². The summed E-state index contributed by atoms with van der Waals surface area (Å²) in [4.78, 5) is 0. The molecule has 98 valence electrons. The van der Waals surface area contributed by atoms with Crippen LogP contribution in [0.3, 0.4) is 0 Å². The molecule has 1 fully saturated rings. The molecular weight excluding hydrogens is 210 g/mol. The molecule has 0 bridgehead atoms. The molecule has 0 spiro atoms. The second-order valence-corrected chi connectivity index (χ2v) is 6.18. The summed E-state index contributed by atoms with van der Waals surface area (Å²) >= 11 is 0. The summed E-state index contributed by atoms with van der Waals surface area (Å²) in [6.07, 6.45) is 8.73. The van der Waals surface area contributed by atoms with Crippen LogP contribution in [-0.2, 0) is 0 Å². The van der Waals surface area contributed by atoms with Gasteiger partial charge in [0, 0.05) is 12.6 Å². The molecule has 17 heavy (non-hydrogen) atoms. The molecule has 0 aromatic rings. The average molecular weight is 237 g/mol. The van der Waals surface area contributed by atoms with Crippen molar-refractivity contribution in [3.63, 3.8) is 0 Å². The Bertz CT molecular complexity index is 274. The van der Waals surface area contributed by atoms with Crippen LogP contribution in [0.5, 0.6) is 0 Å². The van der Waals surface area contributed by atoms with E-state index >= 15 is 0 Å². The van der Waals surface area contributed by atoms with Crippen molar-refractivity contribution in [2.75, 3.05) is 13.2 Å². The summed E-state index contributed by atoms with van der Waals surface area (Å²) < 4.78 is 0. The smallest absolute Gasteiger partial charge is 0.0474 e. The van der Waals surface area contributed by atoms with Crippen molar-refractivity contribution in [1.82, 2.24) is 5.32 Å². The largest absolute Gasteiger partial charge is 0.396 e. The van der Waals surface area contributed by atoms with Crippen LogP contribution in [-0.4, -0.2) is 24.3 Å². The number of allylic oxidation sites excluding steroid dienone is 2. The van der Waals surface area contributed by atoms with Gasteiger partial charge in [0.15, 0.2) is 0 Å². The van der Waals surface area contributed by atoms with E-state index in [-0.39, 0.29) is 0 Å². The van der Waals surface area contributed by atoms with Crippen molar-refractivity contribution < 1.29 is 5.11 Å². The monoisotopic (exact) mass is 237 g/mol. The molecule has 2 heteroatoms. The first-order chi connectivity index (χ1) is 8.19. The molecule has 0 amide bonds. The van der Waals surface area contributed by atoms with E-state index in [1.54, 1.807) is 5.57 Å². The number of aliphatic hydroxyl groups is 1. The zero-order valence-electron chi connectivity index (χ0n) is 11.3. The maximum Gasteiger partial charge on any atom is 0.0474 e. The molecule has 2 aliphatic carbocycles. The van der Waals surface area contributed by atoms with Crippen LogP contribution in [0, 0.1) is 17.8 Å². The molecule has 2 rings (SSSR count). The summed E-state index contributed by atoms with van der Waals surface area (Å²) in [7, 11) is 0. The molecule has 0 aromatic carbocycles. The molecule has 1 saturated carbocycles. The summed E-state index contributed by atoms with van der Waals surface area (Å²) in [6, 6.07) is 0.571. The van der Waals surface area contributed by atoms with Crippen LogP contribution in [0.2, 0.25) is 0 Å². The molecule has 2 aliphatic rings. The van der Waals surface area contributed by atoms with Crippen LogP contribution in [0.15, 0.2) is 11.6 Å². The predicted octanol–water partition coefficient (Wildman–Crippen LogP) is 2.73. The standard InChI is InChI=1S/C15H27NO/c1-11-6-12(2)8-13(7-11)9-16-15-5-3-4-14(15)10-17/h6,11,13-17H,3-5,7-10H2,1-2H3. The van der Waals surface area contributed by atoms with Gasteiger partial charge in [-0.15, -0.1) is 0 Å². The van der Waals surface area contributed by atoms with Gasteiger partial charge < -0.3 is 10.4 Å². The van der Waals surface area contributed by atoms with Gasteiger partial charge in [0.25, 0.3) is 0 Å². The third kappa shape index (κ3) is 3.56. The Labute approximate surface area is 105 Å². The molecule has 0 aromatic heterocycles. The molecule has 0 heterocycles. The SMILES string of the molecule is CC1=CC(C)CC(CNC2CCCC2CO)C1. The van der Waals surface area contributed by atoms with E-state index in [4.69, 9.17) is 0 Å². The van der Waals surface area contributed by atoms with Gasteiger partial charge in [-0.3, -0.25) is 0 Å². The Morgan fingerprint density at radius 3 is 2.94 bits per heavy atom. The van der Waals surface area contributed by atoms with Crippen LogP contribution in [0.1, 0.15) is 46.0 Å². The van der Waals surface area contributed by atoms with Crippen molar-refractivity contribution in [1.29, 1.82) is 0 Å². The first kappa shape index (κ1) is 13.1. The Kier molecular flexibility index (Phi) is 4.63. The summed E-state index contributed by atoms with van der Waals surface area (Å²) in [5.41, 5.74) is 1.56. The highest BCUT2D eigenvalue weighted by atomic mass is 16.3. The number of rotatable bonds is 4. The van der Waals surface area contributed by atoms with E-state index in [0.29, 0.717) is 18.6 Å². The minimum atomic E-state index is 0.359. The quantitative estimate of drug-likeness (QED) is 0.737. The topological polar surface area (TPSA) is 32.3 Å². The lowest BCUT2D eigenvalue weighted by Gasteiger charge is -2.28. The van der Waals surface area contributed by atoms with E-state index in [2.05, 4.69) is 25.2 Å². The lowest BCUT2D eigenvalue weighted by molar-refractivity contribution is 0.201. The molecule has 4 unspecified atom stereocenters. The van der Waals surface area contributed by atoms with Gasteiger partial charge in [-0.05, 0) is 56.9 Å². The van der Waals surface area contributed by atoms with Gasteiger partial charge in [-0.1, -0.05) is 25.0 Å². The molecule has 2 nitrogen and oxygen atoms in total. The third-order valence-electron chi connectivity index (χ3n) is 4.45. The first-order valence-corrected chi connectivity index (χ1v) is 7.20. The molecule has 4 atom stereocenters. The zero-order valence-corrected chi connectivity index (χ0v) is 11.3. The fourth-order valence-electron chi connectivity index (χ4n) is 3.68. The zero-order chi connectivity index (χ0) is 12.3. The fourth-order valence-corrected chi connectivity index (χ4v) is 3.68. The van der Waals surface area contributed by atoms with Gasteiger partial charge in [0.1, 0.15) is 0 Å². The Hall–Kier alpha value is -0.340. The fraction of sp³-hybridized carbons (Fsp3) is 0.867. The van der Waals surface area contributed by atoms with Gasteiger partial charge >= 0.3 is 0 Å². The van der Waals surface area contributed by atoms with Gasteiger partial charge in [0.2, 0.25) is 0 Å². The van der Waals surface area contributed by atoms with E-state index in [9.17, 15) is 5.11 Å². The highest BCUT2D eigenvalue weighted by Crippen LogP contribution is 2.29. The summed E-state index contributed by atoms with van der Waals surface area (Å²) in [5, 5.41) is 13.0. The van der Waals surface area contributed by atoms with E-state index in [1.165, 1.54) is 32.1 Å². The molecule has 0 radical (unpaired) electrons. The predicted molar refractivity (Wildman–Crippen MR) is 71.9 cm³/mol. The Morgan fingerprint density at radius 2 is 2.24 bits per heavy atom. The lowest BCUT2D eigenvalue weighted by Crippen LogP contribution is -2.38. The second kappa shape index (κ2) is 6.01. The average Bonchev–Trinajstić information content (AvgIpc) is 2.72. The second-order valence-electron chi connectivity index (χ2n) is 6.18. The minimum absolute atomic E-state index is 0.359. The normalized spacial score (nSPS) is 38.2. The Morgan fingerprint density at radius 1 is 1.41 bits per heavy atom. The van der Waals surface area contributed by atoms with Crippen LogP contribution >= 0.6 is 0 Å². The lowest BCUT2D eigenvalue weighted by atomic mass is 9.83. The minimum Gasteiger partial charge on any atom is -0.396 e. The van der Waals surface area contributed by atoms with Crippen LogP contribution < -0.4 is 5.32 Å². The van der Waals surface area contributed by atoms with Gasteiger partial charge in [0.05, 0.1) is 0 Å². The molecule has 0 aliphatic heterocycles. The Balaban J connectivity index is 1.77. The summed E-state index contributed by atoms with van der Waals surface area (Å²) in [6.45, 7) is 6.07. The number of hydrogen-bond acceptors (Lipinski definition) is 2. The number of nitrogens with one attached hydrogen (secondary N) is 1. The first-order valence-electron chi connectivity index (χ1n) is 7.20. The van der Waals surface area contributed by atoms with Crippen molar-refractivity contribution in [3.8, 4) is 0 Å². The van der Waals surface area contributed by atoms with Crippen LogP contribution in [0.25, 0.3) is 0 Å². The van der Waals surface area contributed by atoms with Gasteiger partial charge in [-0.2, -0.15) is 0 Å². The molecular formula is C15H27NO. The van der Waals surface area contributed by atoms with Crippen molar-refractivity contribution in [2.24, 2.45) is 17.8 Å².